The van der Waals surface area contributed by atoms with Gasteiger partial charge in [0.15, 0.2) is 0 Å². The topological polar surface area (TPSA) is 89.9 Å². The summed E-state index contributed by atoms with van der Waals surface area (Å²) in [6.45, 7) is 9.91. The molecule has 1 aliphatic rings. The number of aryl methyl sites for hydroxylation is 2. The lowest BCUT2D eigenvalue weighted by atomic mass is 10.1. The second-order valence-corrected chi connectivity index (χ2v) is 8.98. The highest BCUT2D eigenvalue weighted by atomic mass is 32.2. The molecule has 0 unspecified atom stereocenters. The molecule has 0 bridgehead atoms. The summed E-state index contributed by atoms with van der Waals surface area (Å²) in [6.07, 6.45) is 0. The summed E-state index contributed by atoms with van der Waals surface area (Å²) < 4.78 is 28.9. The van der Waals surface area contributed by atoms with Gasteiger partial charge >= 0.3 is 5.97 Å². The Morgan fingerprint density at radius 2 is 1.76 bits per heavy atom. The van der Waals surface area contributed by atoms with Crippen LogP contribution in [0.2, 0.25) is 0 Å². The van der Waals surface area contributed by atoms with Crippen molar-refractivity contribution in [2.45, 2.75) is 25.7 Å². The first-order chi connectivity index (χ1) is 13.7. The van der Waals surface area contributed by atoms with Gasteiger partial charge in [-0.2, -0.15) is 0 Å². The van der Waals surface area contributed by atoms with Crippen LogP contribution in [0.1, 0.15) is 28.4 Å². The molecule has 0 aromatic heterocycles. The number of rotatable bonds is 6. The van der Waals surface area contributed by atoms with E-state index >= 15 is 0 Å². The molecule has 0 spiro atoms. The molecule has 1 heterocycles. The summed E-state index contributed by atoms with van der Waals surface area (Å²) >= 11 is 0. The first-order valence-corrected chi connectivity index (χ1v) is 11.1. The van der Waals surface area contributed by atoms with Crippen LogP contribution in [-0.4, -0.2) is 57.1 Å². The molecule has 1 fully saturated rings. The standard InChI is InChI=1S/C21H27N3O4S/c1-4-23-9-11-24(12-10-23)19-8-7-17(21(25)26)14-18(19)22-29(27,28)20-13-15(2)5-6-16(20)3/h5-8,13-14,22H,4,9-12H2,1-3H3,(H,25,26). The number of aromatic carboxylic acids is 1. The summed E-state index contributed by atoms with van der Waals surface area (Å²) in [5.74, 6) is -1.10. The van der Waals surface area contributed by atoms with Gasteiger partial charge in [-0.1, -0.05) is 19.1 Å². The van der Waals surface area contributed by atoms with E-state index < -0.39 is 16.0 Å². The minimum Gasteiger partial charge on any atom is -0.478 e. The van der Waals surface area contributed by atoms with E-state index in [0.717, 1.165) is 38.3 Å². The Bertz CT molecular complexity index is 1010. The minimum atomic E-state index is -3.87. The fraction of sp³-hybridized carbons (Fsp3) is 0.381. The van der Waals surface area contributed by atoms with E-state index in [0.29, 0.717) is 11.3 Å². The molecule has 0 atom stereocenters. The Balaban J connectivity index is 1.99. The van der Waals surface area contributed by atoms with Crippen LogP contribution in [0, 0.1) is 13.8 Å². The van der Waals surface area contributed by atoms with Gasteiger partial charge < -0.3 is 14.9 Å². The number of nitrogens with zero attached hydrogens (tertiary/aromatic N) is 2. The number of hydrogen-bond donors (Lipinski definition) is 2. The van der Waals surface area contributed by atoms with Crippen molar-refractivity contribution in [3.63, 3.8) is 0 Å². The number of piperazine rings is 1. The second-order valence-electron chi connectivity index (χ2n) is 7.33. The smallest absolute Gasteiger partial charge is 0.335 e. The highest BCUT2D eigenvalue weighted by Crippen LogP contribution is 2.31. The number of carboxylic acid groups (broad SMARTS) is 1. The van der Waals surface area contributed by atoms with E-state index in [2.05, 4.69) is 21.4 Å². The summed E-state index contributed by atoms with van der Waals surface area (Å²) in [6, 6.07) is 9.84. The third-order valence-corrected chi connectivity index (χ3v) is 6.79. The first kappa shape index (κ1) is 21.1. The van der Waals surface area contributed by atoms with Crippen LogP contribution in [0.15, 0.2) is 41.3 Å². The Kier molecular flexibility index (Phi) is 6.14. The summed E-state index contributed by atoms with van der Waals surface area (Å²) in [4.78, 5) is 16.1. The van der Waals surface area contributed by atoms with Crippen LogP contribution in [0.4, 0.5) is 11.4 Å². The van der Waals surface area contributed by atoms with Gasteiger partial charge in [-0.15, -0.1) is 0 Å². The lowest BCUT2D eigenvalue weighted by Crippen LogP contribution is -2.46. The molecule has 7 nitrogen and oxygen atoms in total. The van der Waals surface area contributed by atoms with E-state index in [-0.39, 0.29) is 16.1 Å². The van der Waals surface area contributed by atoms with Crippen molar-refractivity contribution >= 4 is 27.4 Å². The maximum atomic E-state index is 13.1. The van der Waals surface area contributed by atoms with Crippen LogP contribution in [-0.2, 0) is 10.0 Å². The van der Waals surface area contributed by atoms with Crippen molar-refractivity contribution < 1.29 is 18.3 Å². The lowest BCUT2D eigenvalue weighted by Gasteiger charge is -2.36. The van der Waals surface area contributed by atoms with Crippen molar-refractivity contribution in [3.05, 3.63) is 53.1 Å². The molecule has 0 saturated carbocycles. The number of benzene rings is 2. The third kappa shape index (κ3) is 4.71. The Labute approximate surface area is 172 Å². The fourth-order valence-electron chi connectivity index (χ4n) is 3.53. The molecule has 0 radical (unpaired) electrons. The van der Waals surface area contributed by atoms with Crippen molar-refractivity contribution in [2.75, 3.05) is 42.3 Å². The molecule has 8 heteroatoms. The predicted octanol–water partition coefficient (Wildman–Crippen LogP) is 2.94. The van der Waals surface area contributed by atoms with Crippen molar-refractivity contribution in [1.29, 1.82) is 0 Å². The molecule has 2 aromatic carbocycles. The molecule has 0 amide bonds. The Morgan fingerprint density at radius 1 is 1.07 bits per heavy atom. The van der Waals surface area contributed by atoms with Gasteiger partial charge in [0, 0.05) is 26.2 Å². The van der Waals surface area contributed by atoms with Crippen LogP contribution in [0.25, 0.3) is 0 Å². The monoisotopic (exact) mass is 417 g/mol. The quantitative estimate of drug-likeness (QED) is 0.751. The average molecular weight is 418 g/mol. The molecular weight excluding hydrogens is 390 g/mol. The van der Waals surface area contributed by atoms with Gasteiger partial charge in [-0.05, 0) is 55.8 Å². The maximum Gasteiger partial charge on any atom is 0.335 e. The van der Waals surface area contributed by atoms with Gasteiger partial charge in [-0.3, -0.25) is 4.72 Å². The zero-order valence-electron chi connectivity index (χ0n) is 17.0. The van der Waals surface area contributed by atoms with Gasteiger partial charge in [0.05, 0.1) is 21.8 Å². The van der Waals surface area contributed by atoms with Crippen LogP contribution in [0.3, 0.4) is 0 Å². The number of carboxylic acids is 1. The van der Waals surface area contributed by atoms with E-state index in [4.69, 9.17) is 0 Å². The number of carbonyl (C=O) groups is 1. The third-order valence-electron chi connectivity index (χ3n) is 5.28. The Morgan fingerprint density at radius 3 is 2.38 bits per heavy atom. The van der Waals surface area contributed by atoms with Gasteiger partial charge in [0.1, 0.15) is 0 Å². The highest BCUT2D eigenvalue weighted by molar-refractivity contribution is 7.92. The van der Waals surface area contributed by atoms with Crippen molar-refractivity contribution in [2.24, 2.45) is 0 Å². The lowest BCUT2D eigenvalue weighted by molar-refractivity contribution is 0.0697. The van der Waals surface area contributed by atoms with Crippen LogP contribution >= 0.6 is 0 Å². The van der Waals surface area contributed by atoms with Gasteiger partial charge in [0.25, 0.3) is 10.0 Å². The molecule has 1 saturated heterocycles. The zero-order chi connectivity index (χ0) is 21.2. The van der Waals surface area contributed by atoms with Crippen LogP contribution in [0.5, 0.6) is 0 Å². The maximum absolute atomic E-state index is 13.1. The largest absolute Gasteiger partial charge is 0.478 e. The number of sulfonamides is 1. The molecule has 0 aliphatic carbocycles. The summed E-state index contributed by atoms with van der Waals surface area (Å²) in [5.41, 5.74) is 2.50. The van der Waals surface area contributed by atoms with E-state index in [1.165, 1.54) is 12.1 Å². The van der Waals surface area contributed by atoms with E-state index in [1.807, 2.05) is 13.0 Å². The summed E-state index contributed by atoms with van der Waals surface area (Å²) in [7, 11) is -3.87. The molecule has 3 rings (SSSR count). The minimum absolute atomic E-state index is 0.0413. The predicted molar refractivity (Wildman–Crippen MR) is 114 cm³/mol. The Hall–Kier alpha value is -2.58. The highest BCUT2D eigenvalue weighted by Gasteiger charge is 2.23. The number of likely N-dealkylation sites (N-methyl/N-ethyl adjacent to an activating group) is 1. The van der Waals surface area contributed by atoms with Crippen molar-refractivity contribution in [1.82, 2.24) is 4.90 Å². The fourth-order valence-corrected chi connectivity index (χ4v) is 4.92. The molecule has 156 valence electrons. The van der Waals surface area contributed by atoms with E-state index in [1.54, 1.807) is 25.1 Å². The SMILES string of the molecule is CCN1CCN(c2ccc(C(=O)O)cc2NS(=O)(=O)c2cc(C)ccc2C)CC1. The second kappa shape index (κ2) is 8.42. The number of hydrogen-bond acceptors (Lipinski definition) is 5. The molecule has 29 heavy (non-hydrogen) atoms. The van der Waals surface area contributed by atoms with Gasteiger partial charge in [-0.25, -0.2) is 13.2 Å². The molecule has 1 aliphatic heterocycles. The van der Waals surface area contributed by atoms with Crippen LogP contribution < -0.4 is 9.62 Å². The van der Waals surface area contributed by atoms with Gasteiger partial charge in [0.2, 0.25) is 0 Å². The normalized spacial score (nSPS) is 15.3. The number of anilines is 2. The summed E-state index contributed by atoms with van der Waals surface area (Å²) in [5, 5.41) is 9.38. The first-order valence-electron chi connectivity index (χ1n) is 9.66. The van der Waals surface area contributed by atoms with E-state index in [9.17, 15) is 18.3 Å². The average Bonchev–Trinajstić information content (AvgIpc) is 2.69. The molecular formula is C21H27N3O4S. The zero-order valence-corrected chi connectivity index (χ0v) is 17.8. The molecule has 2 aromatic rings. The number of nitrogens with one attached hydrogen (secondary N) is 1. The van der Waals surface area contributed by atoms with Crippen molar-refractivity contribution in [3.8, 4) is 0 Å². The molecule has 2 N–H and O–H groups in total.